The van der Waals surface area contributed by atoms with Crippen LogP contribution in [0, 0.1) is 5.82 Å². The summed E-state index contributed by atoms with van der Waals surface area (Å²) in [4.78, 5) is 1.85. The molecule has 25 heavy (non-hydrogen) atoms. The maximum absolute atomic E-state index is 13.8. The summed E-state index contributed by atoms with van der Waals surface area (Å²) >= 11 is 0. The number of rotatable bonds is 6. The molecule has 1 heterocycles. The van der Waals surface area contributed by atoms with Crippen molar-refractivity contribution in [3.8, 4) is 0 Å². The van der Waals surface area contributed by atoms with E-state index in [1.165, 1.54) is 18.2 Å². The molecule has 5 nitrogen and oxygen atoms in total. The van der Waals surface area contributed by atoms with Gasteiger partial charge >= 0.3 is 0 Å². The van der Waals surface area contributed by atoms with Gasteiger partial charge in [-0.15, -0.1) is 0 Å². The average Bonchev–Trinajstić information content (AvgIpc) is 2.64. The molecule has 0 bridgehead atoms. The van der Waals surface area contributed by atoms with Gasteiger partial charge in [-0.2, -0.15) is 0 Å². The minimum absolute atomic E-state index is 0.133. The highest BCUT2D eigenvalue weighted by Gasteiger charge is 2.26. The van der Waals surface area contributed by atoms with Gasteiger partial charge in [0.2, 0.25) is 10.0 Å². The maximum atomic E-state index is 13.8. The standard InChI is InChI=1S/C18H21FN2O3S/c19-16-8-4-5-9-18(16)25(22,23)20-14-17(15-6-2-1-3-7-15)21-10-12-24-13-11-21/h1-9,17,20H,10-14H2/t17-/m0/s1. The number of ether oxygens (including phenoxy) is 1. The number of halogens is 1. The first-order valence-electron chi connectivity index (χ1n) is 8.19. The van der Waals surface area contributed by atoms with Crippen molar-refractivity contribution in [1.29, 1.82) is 0 Å². The second-order valence-electron chi connectivity index (χ2n) is 5.86. The molecule has 1 saturated heterocycles. The van der Waals surface area contributed by atoms with Crippen molar-refractivity contribution in [2.24, 2.45) is 0 Å². The van der Waals surface area contributed by atoms with E-state index >= 15 is 0 Å². The third-order valence-corrected chi connectivity index (χ3v) is 5.72. The number of morpholine rings is 1. The van der Waals surface area contributed by atoms with Crippen molar-refractivity contribution < 1.29 is 17.5 Å². The van der Waals surface area contributed by atoms with Crippen LogP contribution in [0.25, 0.3) is 0 Å². The van der Waals surface area contributed by atoms with Crippen LogP contribution < -0.4 is 4.72 Å². The van der Waals surface area contributed by atoms with Gasteiger partial charge in [0.15, 0.2) is 0 Å². The van der Waals surface area contributed by atoms with Crippen molar-refractivity contribution in [3.05, 3.63) is 66.0 Å². The zero-order chi connectivity index (χ0) is 17.7. The normalized spacial score (nSPS) is 17.3. The molecule has 1 N–H and O–H groups in total. The first-order chi connectivity index (χ1) is 12.1. The van der Waals surface area contributed by atoms with Gasteiger partial charge in [0.1, 0.15) is 10.7 Å². The molecule has 0 radical (unpaired) electrons. The van der Waals surface area contributed by atoms with Gasteiger partial charge < -0.3 is 4.74 Å². The molecule has 134 valence electrons. The highest BCUT2D eigenvalue weighted by Crippen LogP contribution is 2.22. The van der Waals surface area contributed by atoms with Gasteiger partial charge in [-0.1, -0.05) is 42.5 Å². The molecule has 0 unspecified atom stereocenters. The van der Waals surface area contributed by atoms with Crippen LogP contribution in [0.15, 0.2) is 59.5 Å². The van der Waals surface area contributed by atoms with Crippen LogP contribution >= 0.6 is 0 Å². The molecule has 0 spiro atoms. The van der Waals surface area contributed by atoms with Gasteiger partial charge in [0.25, 0.3) is 0 Å². The molecule has 0 amide bonds. The third kappa shape index (κ3) is 4.43. The lowest BCUT2D eigenvalue weighted by atomic mass is 10.1. The highest BCUT2D eigenvalue weighted by molar-refractivity contribution is 7.89. The van der Waals surface area contributed by atoms with Gasteiger partial charge in [-0.25, -0.2) is 17.5 Å². The predicted octanol–water partition coefficient (Wildman–Crippen LogP) is 2.18. The predicted molar refractivity (Wildman–Crippen MR) is 93.2 cm³/mol. The Morgan fingerprint density at radius 3 is 2.36 bits per heavy atom. The fourth-order valence-electron chi connectivity index (χ4n) is 2.95. The van der Waals surface area contributed by atoms with Crippen LogP contribution in [0.4, 0.5) is 4.39 Å². The summed E-state index contributed by atoms with van der Waals surface area (Å²) in [5.74, 6) is -0.752. The molecule has 0 aliphatic carbocycles. The molecule has 0 saturated carbocycles. The van der Waals surface area contributed by atoms with Gasteiger partial charge in [-0.3, -0.25) is 4.90 Å². The van der Waals surface area contributed by atoms with Crippen LogP contribution in [0.1, 0.15) is 11.6 Å². The Labute approximate surface area is 147 Å². The lowest BCUT2D eigenvalue weighted by Crippen LogP contribution is -2.43. The fourth-order valence-corrected chi connectivity index (χ4v) is 4.07. The molecule has 0 aromatic heterocycles. The molecule has 2 aromatic carbocycles. The van der Waals surface area contributed by atoms with Gasteiger partial charge in [0.05, 0.1) is 13.2 Å². The lowest BCUT2D eigenvalue weighted by molar-refractivity contribution is 0.0172. The zero-order valence-corrected chi connectivity index (χ0v) is 14.6. The van der Waals surface area contributed by atoms with E-state index in [0.717, 1.165) is 24.7 Å². The van der Waals surface area contributed by atoms with E-state index in [1.807, 2.05) is 30.3 Å². The SMILES string of the molecule is O=S(=O)(NC[C@@H](c1ccccc1)N1CCOCC1)c1ccccc1F. The molecule has 2 aromatic rings. The summed E-state index contributed by atoms with van der Waals surface area (Å²) in [6, 6.07) is 15.0. The number of sulfonamides is 1. The number of hydrogen-bond donors (Lipinski definition) is 1. The minimum Gasteiger partial charge on any atom is -0.379 e. The molecule has 7 heteroatoms. The molecular formula is C18H21FN2O3S. The van der Waals surface area contributed by atoms with Crippen molar-refractivity contribution in [2.45, 2.75) is 10.9 Å². The molecule has 1 aliphatic rings. The Morgan fingerprint density at radius 1 is 1.04 bits per heavy atom. The van der Waals surface area contributed by atoms with E-state index in [1.54, 1.807) is 0 Å². The van der Waals surface area contributed by atoms with Crippen molar-refractivity contribution in [1.82, 2.24) is 9.62 Å². The Hall–Kier alpha value is -1.80. The number of hydrogen-bond acceptors (Lipinski definition) is 4. The second-order valence-corrected chi connectivity index (χ2v) is 7.59. The van der Waals surface area contributed by atoms with Crippen LogP contribution in [-0.4, -0.2) is 46.2 Å². The number of nitrogens with one attached hydrogen (secondary N) is 1. The second kappa shape index (κ2) is 8.05. The zero-order valence-electron chi connectivity index (χ0n) is 13.8. The quantitative estimate of drug-likeness (QED) is 0.854. The van der Waals surface area contributed by atoms with Crippen molar-refractivity contribution in [2.75, 3.05) is 32.8 Å². The average molecular weight is 364 g/mol. The summed E-state index contributed by atoms with van der Waals surface area (Å²) in [5.41, 5.74) is 1.01. The summed E-state index contributed by atoms with van der Waals surface area (Å²) < 4.78 is 46.7. The topological polar surface area (TPSA) is 58.6 Å². The van der Waals surface area contributed by atoms with Crippen LogP contribution in [0.3, 0.4) is 0 Å². The molecule has 3 rings (SSSR count). The third-order valence-electron chi connectivity index (χ3n) is 4.26. The molecule has 1 aliphatic heterocycles. The fraction of sp³-hybridized carbons (Fsp3) is 0.333. The van der Waals surface area contributed by atoms with Crippen LogP contribution in [0.2, 0.25) is 0 Å². The maximum Gasteiger partial charge on any atom is 0.243 e. The highest BCUT2D eigenvalue weighted by atomic mass is 32.2. The largest absolute Gasteiger partial charge is 0.379 e. The molecular weight excluding hydrogens is 343 g/mol. The Kier molecular flexibility index (Phi) is 5.80. The van der Waals surface area contributed by atoms with E-state index in [4.69, 9.17) is 4.74 Å². The number of benzene rings is 2. The van der Waals surface area contributed by atoms with E-state index in [2.05, 4.69) is 9.62 Å². The Morgan fingerprint density at radius 2 is 1.68 bits per heavy atom. The summed E-state index contributed by atoms with van der Waals surface area (Å²) in [6.45, 7) is 2.84. The van der Waals surface area contributed by atoms with Gasteiger partial charge in [0, 0.05) is 25.7 Å². The van der Waals surface area contributed by atoms with Crippen LogP contribution in [-0.2, 0) is 14.8 Å². The minimum atomic E-state index is -3.92. The Balaban J connectivity index is 1.80. The van der Waals surface area contributed by atoms with E-state index < -0.39 is 15.8 Å². The first-order valence-corrected chi connectivity index (χ1v) is 9.67. The summed E-state index contributed by atoms with van der Waals surface area (Å²) in [5, 5.41) is 0. The van der Waals surface area contributed by atoms with Crippen molar-refractivity contribution in [3.63, 3.8) is 0 Å². The smallest absolute Gasteiger partial charge is 0.243 e. The molecule has 1 atom stereocenters. The van der Waals surface area contributed by atoms with E-state index in [-0.39, 0.29) is 17.5 Å². The van der Waals surface area contributed by atoms with Crippen molar-refractivity contribution >= 4 is 10.0 Å². The van der Waals surface area contributed by atoms with E-state index in [9.17, 15) is 12.8 Å². The summed E-state index contributed by atoms with van der Waals surface area (Å²) in [6.07, 6.45) is 0. The van der Waals surface area contributed by atoms with E-state index in [0.29, 0.717) is 13.2 Å². The lowest BCUT2D eigenvalue weighted by Gasteiger charge is -2.34. The Bertz CT molecular complexity index is 793. The first kappa shape index (κ1) is 18.0. The molecule has 1 fully saturated rings. The van der Waals surface area contributed by atoms with Crippen LogP contribution in [0.5, 0.6) is 0 Å². The summed E-state index contributed by atoms with van der Waals surface area (Å²) in [7, 11) is -3.92. The van der Waals surface area contributed by atoms with Gasteiger partial charge in [-0.05, 0) is 17.7 Å². The monoisotopic (exact) mass is 364 g/mol. The number of nitrogens with zero attached hydrogens (tertiary/aromatic N) is 1.